The van der Waals surface area contributed by atoms with Crippen LogP contribution in [-0.4, -0.2) is 33.5 Å². The molecule has 0 unspecified atom stereocenters. The number of amides is 3. The number of benzene rings is 3. The first-order valence-electron chi connectivity index (χ1n) is 15.0. The Balaban J connectivity index is 1.39. The third-order valence-corrected chi connectivity index (χ3v) is 7.34. The van der Waals surface area contributed by atoms with Crippen molar-refractivity contribution in [1.29, 1.82) is 0 Å². The summed E-state index contributed by atoms with van der Waals surface area (Å²) in [5, 5.41) is 6.58. The van der Waals surface area contributed by atoms with Crippen molar-refractivity contribution in [3.8, 4) is 11.1 Å². The topological polar surface area (TPSA) is 139 Å². The molecule has 0 radical (unpaired) electrons. The van der Waals surface area contributed by atoms with Crippen LogP contribution in [0.4, 0.5) is 13.6 Å². The van der Waals surface area contributed by atoms with Crippen molar-refractivity contribution < 1.29 is 27.9 Å². The summed E-state index contributed by atoms with van der Waals surface area (Å²) in [5.74, 6) is -2.41. The number of hydrogen-bond acceptors (Lipinski definition) is 5. The SMILES string of the molecule is CC(C)(C)OC(=O)NCc1ccc2c(CC(=O)N[C@@H](Cc3cc(F)cc(F)c3)c3ncccc3-c3cccc(C(N)=O)c3)c[nH]c2c1. The Bertz CT molecular complexity index is 1930. The van der Waals surface area contributed by atoms with Crippen LogP contribution in [0.5, 0.6) is 0 Å². The molecule has 242 valence electrons. The van der Waals surface area contributed by atoms with Gasteiger partial charge in [0.25, 0.3) is 0 Å². The molecule has 9 nitrogen and oxygen atoms in total. The quantitative estimate of drug-likeness (QED) is 0.143. The fourth-order valence-electron chi connectivity index (χ4n) is 5.36. The Morgan fingerprint density at radius 1 is 0.957 bits per heavy atom. The van der Waals surface area contributed by atoms with Gasteiger partial charge in [-0.25, -0.2) is 13.6 Å². The summed E-state index contributed by atoms with van der Waals surface area (Å²) in [5.41, 5.74) is 9.60. The Morgan fingerprint density at radius 3 is 2.45 bits per heavy atom. The highest BCUT2D eigenvalue weighted by atomic mass is 19.1. The molecule has 0 saturated heterocycles. The number of fused-ring (bicyclic) bond motifs is 1. The van der Waals surface area contributed by atoms with Crippen LogP contribution < -0.4 is 16.4 Å². The minimum Gasteiger partial charge on any atom is -0.444 e. The van der Waals surface area contributed by atoms with Crippen molar-refractivity contribution in [2.24, 2.45) is 5.73 Å². The van der Waals surface area contributed by atoms with Crippen LogP contribution in [0.25, 0.3) is 22.0 Å². The number of ether oxygens (including phenoxy) is 1. The van der Waals surface area contributed by atoms with Gasteiger partial charge in [-0.05, 0) is 85.8 Å². The number of nitrogens with two attached hydrogens (primary N) is 1. The molecule has 0 spiro atoms. The van der Waals surface area contributed by atoms with Gasteiger partial charge in [-0.2, -0.15) is 0 Å². The maximum absolute atomic E-state index is 14.2. The van der Waals surface area contributed by atoms with E-state index in [1.54, 1.807) is 69.6 Å². The molecule has 2 heterocycles. The third-order valence-electron chi connectivity index (χ3n) is 7.34. The smallest absolute Gasteiger partial charge is 0.407 e. The van der Waals surface area contributed by atoms with E-state index >= 15 is 0 Å². The molecule has 5 aromatic rings. The van der Waals surface area contributed by atoms with Gasteiger partial charge in [-0.15, -0.1) is 0 Å². The number of halogens is 2. The normalized spacial score (nSPS) is 12.0. The molecule has 11 heteroatoms. The van der Waals surface area contributed by atoms with E-state index < -0.39 is 35.3 Å². The van der Waals surface area contributed by atoms with Crippen LogP contribution in [0.1, 0.15) is 59.6 Å². The number of pyridine rings is 1. The summed E-state index contributed by atoms with van der Waals surface area (Å²) in [7, 11) is 0. The van der Waals surface area contributed by atoms with E-state index in [2.05, 4.69) is 20.6 Å². The molecule has 47 heavy (non-hydrogen) atoms. The lowest BCUT2D eigenvalue weighted by Gasteiger charge is -2.22. The zero-order valence-corrected chi connectivity index (χ0v) is 26.2. The maximum atomic E-state index is 14.2. The highest BCUT2D eigenvalue weighted by Crippen LogP contribution is 2.30. The number of primary amides is 1. The minimum atomic E-state index is -0.784. The maximum Gasteiger partial charge on any atom is 0.407 e. The molecule has 1 atom stereocenters. The van der Waals surface area contributed by atoms with E-state index in [1.807, 2.05) is 18.2 Å². The van der Waals surface area contributed by atoms with Crippen LogP contribution in [0.15, 0.2) is 85.2 Å². The lowest BCUT2D eigenvalue weighted by molar-refractivity contribution is -0.121. The van der Waals surface area contributed by atoms with E-state index in [9.17, 15) is 23.2 Å². The van der Waals surface area contributed by atoms with Gasteiger partial charge in [-0.1, -0.05) is 30.3 Å². The van der Waals surface area contributed by atoms with Crippen molar-refractivity contribution in [3.05, 3.63) is 125 Å². The monoisotopic (exact) mass is 639 g/mol. The van der Waals surface area contributed by atoms with Gasteiger partial charge in [0.15, 0.2) is 0 Å². The molecule has 0 fully saturated rings. The molecule has 3 amide bonds. The van der Waals surface area contributed by atoms with Crippen molar-refractivity contribution in [1.82, 2.24) is 20.6 Å². The highest BCUT2D eigenvalue weighted by molar-refractivity contribution is 5.94. The predicted octanol–water partition coefficient (Wildman–Crippen LogP) is 6.27. The molecule has 0 aliphatic rings. The molecule has 5 rings (SSSR count). The van der Waals surface area contributed by atoms with Crippen LogP contribution in [0.2, 0.25) is 0 Å². The van der Waals surface area contributed by atoms with Gasteiger partial charge >= 0.3 is 6.09 Å². The number of hydrogen-bond donors (Lipinski definition) is 4. The Labute approximate surface area is 270 Å². The third kappa shape index (κ3) is 8.57. The van der Waals surface area contributed by atoms with Crippen molar-refractivity contribution in [2.45, 2.75) is 51.8 Å². The fraction of sp³-hybridized carbons (Fsp3) is 0.222. The van der Waals surface area contributed by atoms with Gasteiger partial charge in [-0.3, -0.25) is 14.6 Å². The fourth-order valence-corrected chi connectivity index (χ4v) is 5.36. The molecule has 3 aromatic carbocycles. The number of aromatic nitrogens is 2. The average molecular weight is 640 g/mol. The second-order valence-electron chi connectivity index (χ2n) is 12.2. The van der Waals surface area contributed by atoms with Crippen molar-refractivity contribution in [3.63, 3.8) is 0 Å². The Hall–Kier alpha value is -5.58. The van der Waals surface area contributed by atoms with Crippen molar-refractivity contribution in [2.75, 3.05) is 0 Å². The lowest BCUT2D eigenvalue weighted by Crippen LogP contribution is -2.32. The van der Waals surface area contributed by atoms with Crippen LogP contribution in [0.3, 0.4) is 0 Å². The molecular weight excluding hydrogens is 604 g/mol. The number of rotatable bonds is 10. The first-order chi connectivity index (χ1) is 22.3. The zero-order chi connectivity index (χ0) is 33.7. The molecule has 0 aliphatic heterocycles. The number of nitrogens with zero attached hydrogens (tertiary/aromatic N) is 1. The van der Waals surface area contributed by atoms with Gasteiger partial charge < -0.3 is 26.1 Å². The molecule has 0 saturated carbocycles. The first kappa shape index (κ1) is 32.8. The van der Waals surface area contributed by atoms with Crippen molar-refractivity contribution >= 4 is 28.8 Å². The number of alkyl carbamates (subject to hydrolysis) is 1. The number of aromatic amines is 1. The average Bonchev–Trinajstić information content (AvgIpc) is 3.40. The minimum absolute atomic E-state index is 0.00282. The first-order valence-corrected chi connectivity index (χ1v) is 15.0. The summed E-state index contributed by atoms with van der Waals surface area (Å²) in [6.07, 6.45) is 2.84. The summed E-state index contributed by atoms with van der Waals surface area (Å²) in [6.45, 7) is 5.63. The lowest BCUT2D eigenvalue weighted by atomic mass is 9.94. The number of carbonyl (C=O) groups is 3. The second kappa shape index (κ2) is 13.8. The number of carbonyl (C=O) groups excluding carboxylic acids is 3. The number of H-pyrrole nitrogens is 1. The van der Waals surface area contributed by atoms with Gasteiger partial charge in [0.05, 0.1) is 18.2 Å². The second-order valence-corrected chi connectivity index (χ2v) is 12.2. The number of nitrogens with one attached hydrogen (secondary N) is 3. The molecular formula is C36H35F2N5O4. The zero-order valence-electron chi connectivity index (χ0n) is 26.2. The van der Waals surface area contributed by atoms with Gasteiger partial charge in [0.2, 0.25) is 11.8 Å². The molecule has 0 bridgehead atoms. The predicted molar refractivity (Wildman–Crippen MR) is 174 cm³/mol. The van der Waals surface area contributed by atoms with E-state index in [1.165, 1.54) is 12.1 Å². The summed E-state index contributed by atoms with van der Waals surface area (Å²) in [4.78, 5) is 45.3. The van der Waals surface area contributed by atoms with Crippen LogP contribution in [-0.2, 0) is 28.9 Å². The largest absolute Gasteiger partial charge is 0.444 e. The van der Waals surface area contributed by atoms with E-state index in [-0.39, 0.29) is 25.3 Å². The summed E-state index contributed by atoms with van der Waals surface area (Å²) in [6, 6.07) is 18.3. The highest BCUT2D eigenvalue weighted by Gasteiger charge is 2.23. The summed E-state index contributed by atoms with van der Waals surface area (Å²) < 4.78 is 33.6. The Kier molecular flexibility index (Phi) is 9.64. The molecule has 5 N–H and O–H groups in total. The molecule has 0 aliphatic carbocycles. The van der Waals surface area contributed by atoms with E-state index in [0.29, 0.717) is 27.9 Å². The standard InChI is InChI=1S/C36H35F2N5O4/c1-36(2,3)47-35(46)42-19-21-9-10-28-25(20-41-30(28)14-21)17-32(44)43-31(15-22-12-26(37)18-27(38)13-22)33-29(8-5-11-40-33)23-6-4-7-24(16-23)34(39)45/h4-14,16,18,20,31,41H,15,17,19H2,1-3H3,(H2,39,45)(H,42,46)(H,43,44)/t31-/m0/s1. The summed E-state index contributed by atoms with van der Waals surface area (Å²) >= 11 is 0. The van der Waals surface area contributed by atoms with E-state index in [4.69, 9.17) is 10.5 Å². The van der Waals surface area contributed by atoms with Crippen LogP contribution in [0, 0.1) is 11.6 Å². The van der Waals surface area contributed by atoms with Gasteiger partial charge in [0, 0.05) is 47.0 Å². The van der Waals surface area contributed by atoms with E-state index in [0.717, 1.165) is 28.1 Å². The molecule has 2 aromatic heterocycles. The van der Waals surface area contributed by atoms with Crippen LogP contribution >= 0.6 is 0 Å². The Morgan fingerprint density at radius 2 is 1.72 bits per heavy atom. The van der Waals surface area contributed by atoms with Gasteiger partial charge in [0.1, 0.15) is 17.2 Å².